The zero-order chi connectivity index (χ0) is 21.1. The fourth-order valence-corrected chi connectivity index (χ4v) is 2.58. The molecule has 0 fully saturated rings. The van der Waals surface area contributed by atoms with Crippen LogP contribution >= 0.6 is 0 Å². The Morgan fingerprint density at radius 3 is 2.39 bits per heavy atom. The summed E-state index contributed by atoms with van der Waals surface area (Å²) in [4.78, 5) is 23.5. The fourth-order valence-electron chi connectivity index (χ4n) is 2.04. The van der Waals surface area contributed by atoms with Gasteiger partial charge in [-0.1, -0.05) is 0 Å². The number of rotatable bonds is 6. The third-order valence-electron chi connectivity index (χ3n) is 3.36. The molecule has 0 bridgehead atoms. The first-order valence-electron chi connectivity index (χ1n) is 7.36. The maximum atomic E-state index is 13.5. The third kappa shape index (κ3) is 4.78. The van der Waals surface area contributed by atoms with Crippen LogP contribution in [0.2, 0.25) is 0 Å². The standard InChI is InChI=1S/C16H13F3N2O6S/c1-26-12-5-2-8(28(20,24)25)6-9(12)16(23)27-7-13(22)21-11-4-3-10(17)14(18)15(11)19/h2-6H,7H2,1H3,(H,21,22)(H2,20,24,25). The molecule has 0 spiro atoms. The number of sulfonamides is 1. The summed E-state index contributed by atoms with van der Waals surface area (Å²) in [6.45, 7) is -0.931. The third-order valence-corrected chi connectivity index (χ3v) is 4.27. The van der Waals surface area contributed by atoms with E-state index in [0.29, 0.717) is 6.07 Å². The van der Waals surface area contributed by atoms with Gasteiger partial charge in [0.2, 0.25) is 10.0 Å². The molecule has 0 saturated heterocycles. The average molecular weight is 418 g/mol. The van der Waals surface area contributed by atoms with E-state index in [0.717, 1.165) is 24.3 Å². The van der Waals surface area contributed by atoms with E-state index in [4.69, 9.17) is 14.6 Å². The van der Waals surface area contributed by atoms with E-state index in [-0.39, 0.29) is 11.3 Å². The molecule has 0 heterocycles. The first-order chi connectivity index (χ1) is 13.0. The van der Waals surface area contributed by atoms with Crippen LogP contribution in [0, 0.1) is 17.5 Å². The summed E-state index contributed by atoms with van der Waals surface area (Å²) >= 11 is 0. The van der Waals surface area contributed by atoms with Crippen LogP contribution < -0.4 is 15.2 Å². The van der Waals surface area contributed by atoms with E-state index < -0.39 is 56.5 Å². The number of primary sulfonamides is 1. The van der Waals surface area contributed by atoms with Crippen molar-refractivity contribution in [1.29, 1.82) is 0 Å². The molecule has 8 nitrogen and oxygen atoms in total. The number of hydrogen-bond acceptors (Lipinski definition) is 6. The highest BCUT2D eigenvalue weighted by atomic mass is 32.2. The molecule has 12 heteroatoms. The lowest BCUT2D eigenvalue weighted by molar-refractivity contribution is -0.119. The molecule has 0 radical (unpaired) electrons. The molecular weight excluding hydrogens is 405 g/mol. The van der Waals surface area contributed by atoms with Crippen LogP contribution in [-0.4, -0.2) is 34.0 Å². The number of nitrogens with two attached hydrogens (primary N) is 1. The SMILES string of the molecule is COc1ccc(S(N)(=O)=O)cc1C(=O)OCC(=O)Nc1ccc(F)c(F)c1F. The van der Waals surface area contributed by atoms with Gasteiger partial charge in [-0.25, -0.2) is 31.5 Å². The van der Waals surface area contributed by atoms with Crippen molar-refractivity contribution in [3.63, 3.8) is 0 Å². The Kier molecular flexibility index (Phi) is 6.26. The highest BCUT2D eigenvalue weighted by Crippen LogP contribution is 2.23. The van der Waals surface area contributed by atoms with Crippen molar-refractivity contribution in [2.45, 2.75) is 4.90 Å². The van der Waals surface area contributed by atoms with Crippen molar-refractivity contribution in [3.8, 4) is 5.75 Å². The van der Waals surface area contributed by atoms with Gasteiger partial charge in [0.05, 0.1) is 17.7 Å². The molecule has 2 aromatic carbocycles. The largest absolute Gasteiger partial charge is 0.496 e. The topological polar surface area (TPSA) is 125 Å². The molecule has 0 aliphatic carbocycles. The summed E-state index contributed by atoms with van der Waals surface area (Å²) in [6, 6.07) is 4.54. The monoisotopic (exact) mass is 418 g/mol. The summed E-state index contributed by atoms with van der Waals surface area (Å²) < 4.78 is 71.9. The second-order valence-corrected chi connectivity index (χ2v) is 6.82. The summed E-state index contributed by atoms with van der Waals surface area (Å²) in [5.41, 5.74) is -0.991. The lowest BCUT2D eigenvalue weighted by atomic mass is 10.2. The quantitative estimate of drug-likeness (QED) is 0.542. The van der Waals surface area contributed by atoms with E-state index in [9.17, 15) is 31.2 Å². The number of benzene rings is 2. The van der Waals surface area contributed by atoms with E-state index in [2.05, 4.69) is 0 Å². The lowest BCUT2D eigenvalue weighted by Gasteiger charge is -2.11. The van der Waals surface area contributed by atoms with Gasteiger partial charge in [0.15, 0.2) is 24.1 Å². The predicted octanol–water partition coefficient (Wildman–Crippen LogP) is 1.56. The molecule has 0 aromatic heterocycles. The Morgan fingerprint density at radius 1 is 1.11 bits per heavy atom. The molecule has 3 N–H and O–H groups in total. The Bertz CT molecular complexity index is 1040. The van der Waals surface area contributed by atoms with Crippen LogP contribution in [0.25, 0.3) is 0 Å². The molecule has 28 heavy (non-hydrogen) atoms. The van der Waals surface area contributed by atoms with Gasteiger partial charge < -0.3 is 14.8 Å². The molecule has 0 aliphatic heterocycles. The Morgan fingerprint density at radius 2 is 1.79 bits per heavy atom. The molecular formula is C16H13F3N2O6S. The number of esters is 1. The van der Waals surface area contributed by atoms with Gasteiger partial charge >= 0.3 is 5.97 Å². The zero-order valence-electron chi connectivity index (χ0n) is 14.2. The smallest absolute Gasteiger partial charge is 0.342 e. The molecule has 0 atom stereocenters. The predicted molar refractivity (Wildman–Crippen MR) is 89.6 cm³/mol. The Labute approximate surface area is 157 Å². The van der Waals surface area contributed by atoms with E-state index in [1.165, 1.54) is 7.11 Å². The number of hydrogen-bond donors (Lipinski definition) is 2. The highest BCUT2D eigenvalue weighted by Gasteiger charge is 2.20. The number of methoxy groups -OCH3 is 1. The normalized spacial score (nSPS) is 11.0. The maximum Gasteiger partial charge on any atom is 0.342 e. The first-order valence-corrected chi connectivity index (χ1v) is 8.90. The number of nitrogens with one attached hydrogen (secondary N) is 1. The van der Waals surface area contributed by atoms with Gasteiger partial charge in [0, 0.05) is 0 Å². The van der Waals surface area contributed by atoms with Gasteiger partial charge in [-0.3, -0.25) is 4.79 Å². The Hall–Kier alpha value is -3.12. The second-order valence-electron chi connectivity index (χ2n) is 5.25. The van der Waals surface area contributed by atoms with Crippen LogP contribution in [0.4, 0.5) is 18.9 Å². The highest BCUT2D eigenvalue weighted by molar-refractivity contribution is 7.89. The van der Waals surface area contributed by atoms with Gasteiger partial charge in [-0.2, -0.15) is 0 Å². The van der Waals surface area contributed by atoms with E-state index >= 15 is 0 Å². The van der Waals surface area contributed by atoms with Crippen molar-refractivity contribution in [1.82, 2.24) is 0 Å². The van der Waals surface area contributed by atoms with Crippen molar-refractivity contribution in [3.05, 3.63) is 53.3 Å². The zero-order valence-corrected chi connectivity index (χ0v) is 15.0. The van der Waals surface area contributed by atoms with Crippen molar-refractivity contribution >= 4 is 27.6 Å². The fraction of sp³-hybridized carbons (Fsp3) is 0.125. The number of ether oxygens (including phenoxy) is 2. The molecule has 0 saturated carbocycles. The summed E-state index contributed by atoms with van der Waals surface area (Å²) in [5, 5.41) is 6.89. The van der Waals surface area contributed by atoms with E-state index in [1.54, 1.807) is 0 Å². The minimum atomic E-state index is -4.12. The first kappa shape index (κ1) is 21.2. The second kappa shape index (κ2) is 8.27. The van der Waals surface area contributed by atoms with Crippen molar-refractivity contribution < 1.29 is 40.7 Å². The van der Waals surface area contributed by atoms with Crippen LogP contribution in [0.1, 0.15) is 10.4 Å². The van der Waals surface area contributed by atoms with Crippen LogP contribution in [0.5, 0.6) is 5.75 Å². The van der Waals surface area contributed by atoms with Gasteiger partial charge in [-0.05, 0) is 30.3 Å². The van der Waals surface area contributed by atoms with Gasteiger partial charge in [-0.15, -0.1) is 0 Å². The lowest BCUT2D eigenvalue weighted by Crippen LogP contribution is -2.22. The van der Waals surface area contributed by atoms with Crippen LogP contribution in [0.15, 0.2) is 35.2 Å². The molecule has 2 rings (SSSR count). The number of carbonyl (C=O) groups excluding carboxylic acids is 2. The summed E-state index contributed by atoms with van der Waals surface area (Å²) in [7, 11) is -2.91. The average Bonchev–Trinajstić information content (AvgIpc) is 2.65. The number of anilines is 1. The molecule has 150 valence electrons. The number of amides is 1. The number of halogens is 3. The minimum absolute atomic E-state index is 0.0514. The summed E-state index contributed by atoms with van der Waals surface area (Å²) in [6.07, 6.45) is 0. The van der Waals surface area contributed by atoms with Gasteiger partial charge in [0.25, 0.3) is 5.91 Å². The Balaban J connectivity index is 2.12. The van der Waals surface area contributed by atoms with Gasteiger partial charge in [0.1, 0.15) is 11.3 Å². The van der Waals surface area contributed by atoms with E-state index in [1.807, 2.05) is 5.32 Å². The van der Waals surface area contributed by atoms with Crippen molar-refractivity contribution in [2.24, 2.45) is 5.14 Å². The molecule has 0 unspecified atom stereocenters. The van der Waals surface area contributed by atoms with Crippen molar-refractivity contribution in [2.75, 3.05) is 19.0 Å². The van der Waals surface area contributed by atoms with Crippen LogP contribution in [0.3, 0.4) is 0 Å². The molecule has 1 amide bonds. The van der Waals surface area contributed by atoms with Crippen LogP contribution in [-0.2, 0) is 19.6 Å². The molecule has 2 aromatic rings. The number of carbonyl (C=O) groups is 2. The molecule has 0 aliphatic rings. The maximum absolute atomic E-state index is 13.5. The summed E-state index contributed by atoms with van der Waals surface area (Å²) in [5.74, 6) is -7.09. The minimum Gasteiger partial charge on any atom is -0.496 e.